The Labute approximate surface area is 219 Å². The van der Waals surface area contributed by atoms with E-state index in [0.717, 1.165) is 28.4 Å². The molecule has 1 saturated heterocycles. The molecule has 36 heavy (non-hydrogen) atoms. The van der Waals surface area contributed by atoms with Crippen LogP contribution in [0.25, 0.3) is 0 Å². The summed E-state index contributed by atoms with van der Waals surface area (Å²) in [6, 6.07) is 22.0. The number of amides is 3. The topological polar surface area (TPSA) is 79.9 Å². The summed E-state index contributed by atoms with van der Waals surface area (Å²) in [4.78, 5) is 28.0. The summed E-state index contributed by atoms with van der Waals surface area (Å²) in [5.41, 5.74) is 2.51. The molecule has 1 aliphatic heterocycles. The zero-order chi connectivity index (χ0) is 25.3. The maximum absolute atomic E-state index is 13.5. The van der Waals surface area contributed by atoms with E-state index in [-0.39, 0.29) is 18.5 Å². The van der Waals surface area contributed by atoms with Crippen molar-refractivity contribution in [2.45, 2.75) is 38.5 Å². The fourth-order valence-electron chi connectivity index (χ4n) is 4.16. The number of para-hydroxylation sites is 1. The Hall–Kier alpha value is -3.52. The van der Waals surface area contributed by atoms with Crippen molar-refractivity contribution >= 4 is 33.6 Å². The summed E-state index contributed by atoms with van der Waals surface area (Å²) < 4.78 is 12.3. The molecule has 1 unspecified atom stereocenters. The van der Waals surface area contributed by atoms with Gasteiger partial charge in [0.2, 0.25) is 5.91 Å². The molecular formula is C28H30BrN3O4. The van der Waals surface area contributed by atoms with E-state index < -0.39 is 6.04 Å². The second-order valence-electron chi connectivity index (χ2n) is 8.60. The molecule has 1 aliphatic rings. The standard InChI is InChI=1S/C28H30BrN3O4/c1-35-25-15-14-21(17-26(25)36-19-20-9-3-2-4-10-20)18-32(24-13-7-8-16-30-27(24)33)28(34)31-23-12-6-5-11-22(23)29/h2-6,9-12,14-15,17,24H,7-8,13,16,18-19H2,1H3,(H,30,33)(H,31,34). The molecule has 1 heterocycles. The SMILES string of the molecule is COc1ccc(CN(C(=O)Nc2ccccc2Br)C2CCCCNC2=O)cc1OCc1ccccc1. The fraction of sp³-hybridized carbons (Fsp3) is 0.286. The Balaban J connectivity index is 1.59. The van der Waals surface area contributed by atoms with E-state index in [0.29, 0.717) is 36.8 Å². The van der Waals surface area contributed by atoms with Gasteiger partial charge in [0.15, 0.2) is 11.5 Å². The van der Waals surface area contributed by atoms with Crippen LogP contribution in [0.2, 0.25) is 0 Å². The molecule has 188 valence electrons. The number of anilines is 1. The van der Waals surface area contributed by atoms with E-state index in [4.69, 9.17) is 9.47 Å². The number of rotatable bonds is 8. The van der Waals surface area contributed by atoms with Gasteiger partial charge in [-0.3, -0.25) is 4.79 Å². The number of nitrogens with zero attached hydrogens (tertiary/aromatic N) is 1. The van der Waals surface area contributed by atoms with E-state index in [1.54, 1.807) is 12.0 Å². The monoisotopic (exact) mass is 551 g/mol. The molecule has 4 rings (SSSR count). The molecule has 1 atom stereocenters. The molecule has 0 aromatic heterocycles. The lowest BCUT2D eigenvalue weighted by atomic mass is 10.1. The lowest BCUT2D eigenvalue weighted by Gasteiger charge is -2.30. The number of urea groups is 1. The van der Waals surface area contributed by atoms with E-state index in [1.165, 1.54) is 0 Å². The first-order valence-electron chi connectivity index (χ1n) is 12.0. The van der Waals surface area contributed by atoms with E-state index in [9.17, 15) is 9.59 Å². The highest BCUT2D eigenvalue weighted by Crippen LogP contribution is 2.30. The van der Waals surface area contributed by atoms with Crippen LogP contribution in [0.5, 0.6) is 11.5 Å². The van der Waals surface area contributed by atoms with Crippen LogP contribution in [-0.2, 0) is 17.9 Å². The number of hydrogen-bond donors (Lipinski definition) is 2. The molecule has 0 spiro atoms. The normalized spacial score (nSPS) is 15.4. The first-order chi connectivity index (χ1) is 17.5. The molecule has 0 bridgehead atoms. The highest BCUT2D eigenvalue weighted by molar-refractivity contribution is 9.10. The van der Waals surface area contributed by atoms with E-state index in [2.05, 4.69) is 26.6 Å². The van der Waals surface area contributed by atoms with Crippen molar-refractivity contribution in [1.82, 2.24) is 10.2 Å². The number of nitrogens with one attached hydrogen (secondary N) is 2. The van der Waals surface area contributed by atoms with E-state index >= 15 is 0 Å². The van der Waals surface area contributed by atoms with Crippen LogP contribution < -0.4 is 20.1 Å². The second-order valence-corrected chi connectivity index (χ2v) is 9.45. The first-order valence-corrected chi connectivity index (χ1v) is 12.8. The summed E-state index contributed by atoms with van der Waals surface area (Å²) in [6.45, 7) is 1.24. The van der Waals surface area contributed by atoms with Crippen molar-refractivity contribution < 1.29 is 19.1 Å². The average molecular weight is 552 g/mol. The van der Waals surface area contributed by atoms with Gasteiger partial charge < -0.3 is 25.0 Å². The molecule has 2 N–H and O–H groups in total. The van der Waals surface area contributed by atoms with Crippen molar-refractivity contribution in [2.24, 2.45) is 0 Å². The maximum atomic E-state index is 13.5. The Bertz CT molecular complexity index is 1190. The predicted molar refractivity (Wildman–Crippen MR) is 143 cm³/mol. The number of halogens is 1. The summed E-state index contributed by atoms with van der Waals surface area (Å²) in [5.74, 6) is 1.05. The molecule has 3 aromatic carbocycles. The predicted octanol–water partition coefficient (Wildman–Crippen LogP) is 5.74. The molecule has 8 heteroatoms. The molecule has 7 nitrogen and oxygen atoms in total. The minimum absolute atomic E-state index is 0.135. The van der Waals surface area contributed by atoms with Gasteiger partial charge in [-0.25, -0.2) is 4.79 Å². The third kappa shape index (κ3) is 6.57. The van der Waals surface area contributed by atoms with Crippen molar-refractivity contribution in [3.63, 3.8) is 0 Å². The van der Waals surface area contributed by atoms with Crippen LogP contribution in [0.15, 0.2) is 77.3 Å². The molecule has 0 saturated carbocycles. The van der Waals surface area contributed by atoms with Gasteiger partial charge in [-0.1, -0.05) is 48.5 Å². The molecule has 0 radical (unpaired) electrons. The average Bonchev–Trinajstić information content (AvgIpc) is 3.12. The highest BCUT2D eigenvalue weighted by Gasteiger charge is 2.31. The van der Waals surface area contributed by atoms with Gasteiger partial charge in [-0.05, 0) is 70.6 Å². The number of hydrogen-bond acceptors (Lipinski definition) is 4. The van der Waals surface area contributed by atoms with Crippen molar-refractivity contribution in [1.29, 1.82) is 0 Å². The molecule has 1 fully saturated rings. The third-order valence-corrected chi connectivity index (χ3v) is 6.77. The summed E-state index contributed by atoms with van der Waals surface area (Å²) >= 11 is 3.48. The van der Waals surface area contributed by atoms with Gasteiger partial charge in [-0.15, -0.1) is 0 Å². The first kappa shape index (κ1) is 25.6. The number of benzene rings is 3. The van der Waals surface area contributed by atoms with Gasteiger partial charge in [0.25, 0.3) is 0 Å². The minimum Gasteiger partial charge on any atom is -0.493 e. The highest BCUT2D eigenvalue weighted by atomic mass is 79.9. The van der Waals surface area contributed by atoms with Crippen molar-refractivity contribution in [3.8, 4) is 11.5 Å². The fourth-order valence-corrected chi connectivity index (χ4v) is 4.54. The quantitative estimate of drug-likeness (QED) is 0.374. The Kier molecular flexibility index (Phi) is 8.84. The number of ether oxygens (including phenoxy) is 2. The van der Waals surface area contributed by atoms with Crippen LogP contribution in [0, 0.1) is 0 Å². The minimum atomic E-state index is -0.578. The number of carbonyl (C=O) groups is 2. The second kappa shape index (κ2) is 12.4. The molecule has 3 aromatic rings. The van der Waals surface area contributed by atoms with Crippen molar-refractivity contribution in [3.05, 3.63) is 88.4 Å². The number of methoxy groups -OCH3 is 1. The van der Waals surface area contributed by atoms with Gasteiger partial charge >= 0.3 is 6.03 Å². The smallest absolute Gasteiger partial charge is 0.322 e. The largest absolute Gasteiger partial charge is 0.493 e. The Morgan fingerprint density at radius 2 is 1.81 bits per heavy atom. The van der Waals surface area contributed by atoms with Crippen LogP contribution in [-0.4, -0.2) is 36.5 Å². The summed E-state index contributed by atoms with van der Waals surface area (Å²) in [6.07, 6.45) is 2.35. The van der Waals surface area contributed by atoms with Crippen LogP contribution >= 0.6 is 15.9 Å². The van der Waals surface area contributed by atoms with Gasteiger partial charge in [-0.2, -0.15) is 0 Å². The lowest BCUT2D eigenvalue weighted by Crippen LogP contribution is -2.49. The summed E-state index contributed by atoms with van der Waals surface area (Å²) in [7, 11) is 1.59. The van der Waals surface area contributed by atoms with E-state index in [1.807, 2.05) is 72.8 Å². The lowest BCUT2D eigenvalue weighted by molar-refractivity contribution is -0.125. The summed E-state index contributed by atoms with van der Waals surface area (Å²) in [5, 5.41) is 5.90. The molecule has 3 amide bonds. The van der Waals surface area contributed by atoms with Crippen LogP contribution in [0.1, 0.15) is 30.4 Å². The maximum Gasteiger partial charge on any atom is 0.322 e. The third-order valence-electron chi connectivity index (χ3n) is 6.08. The zero-order valence-electron chi connectivity index (χ0n) is 20.2. The van der Waals surface area contributed by atoms with Crippen LogP contribution in [0.3, 0.4) is 0 Å². The number of carbonyl (C=O) groups excluding carboxylic acids is 2. The van der Waals surface area contributed by atoms with Gasteiger partial charge in [0.05, 0.1) is 12.8 Å². The molecule has 0 aliphatic carbocycles. The Morgan fingerprint density at radius 1 is 1.03 bits per heavy atom. The zero-order valence-corrected chi connectivity index (χ0v) is 21.8. The van der Waals surface area contributed by atoms with Gasteiger partial charge in [0.1, 0.15) is 12.6 Å². The van der Waals surface area contributed by atoms with Gasteiger partial charge in [0, 0.05) is 17.6 Å². The van der Waals surface area contributed by atoms with Crippen molar-refractivity contribution in [2.75, 3.05) is 19.0 Å². The van der Waals surface area contributed by atoms with Crippen LogP contribution in [0.4, 0.5) is 10.5 Å². The molecular weight excluding hydrogens is 522 g/mol. The Morgan fingerprint density at radius 3 is 2.58 bits per heavy atom.